The van der Waals surface area contributed by atoms with Crippen molar-refractivity contribution in [3.8, 4) is 5.75 Å². The summed E-state index contributed by atoms with van der Waals surface area (Å²) in [4.78, 5) is 12.5. The molecule has 0 unspecified atom stereocenters. The van der Waals surface area contributed by atoms with Crippen molar-refractivity contribution >= 4 is 44.0 Å². The van der Waals surface area contributed by atoms with Crippen LogP contribution < -0.4 is 4.74 Å². The lowest BCUT2D eigenvalue weighted by atomic mass is 10.1. The van der Waals surface area contributed by atoms with Crippen LogP contribution in [-0.2, 0) is 0 Å². The maximum Gasteiger partial charge on any atom is 0.353 e. The third-order valence-electron chi connectivity index (χ3n) is 2.71. The van der Waals surface area contributed by atoms with Gasteiger partial charge < -0.3 is 4.74 Å². The molecule has 1 aromatic heterocycles. The number of hydrogen-bond acceptors (Lipinski definition) is 3. The third-order valence-corrected chi connectivity index (χ3v) is 4.05. The van der Waals surface area contributed by atoms with Crippen LogP contribution in [0.4, 0.5) is 0 Å². The molecule has 0 fully saturated rings. The van der Waals surface area contributed by atoms with E-state index in [2.05, 4.69) is 15.9 Å². The topological polar surface area (TPSA) is 26.3 Å². The molecule has 0 amide bonds. The number of fused-ring (bicyclic) bond motifs is 1. The van der Waals surface area contributed by atoms with Crippen molar-refractivity contribution in [1.82, 2.24) is 0 Å². The Morgan fingerprint density at radius 2 is 1.84 bits per heavy atom. The Labute approximate surface area is 122 Å². The van der Waals surface area contributed by atoms with E-state index in [1.807, 2.05) is 41.8 Å². The van der Waals surface area contributed by atoms with Gasteiger partial charge in [0.15, 0.2) is 0 Å². The Kier molecular flexibility index (Phi) is 3.36. The molecule has 0 saturated heterocycles. The first-order valence-electron chi connectivity index (χ1n) is 5.67. The Morgan fingerprint density at radius 3 is 2.63 bits per heavy atom. The summed E-state index contributed by atoms with van der Waals surface area (Å²) < 4.78 is 6.39. The standard InChI is InChI=1S/C15H9BrO2S/c16-12-5-3-11-9-13(6-4-10(11)8-12)18-15(17)14-2-1-7-19-14/h1-9H. The van der Waals surface area contributed by atoms with Crippen LogP contribution in [0.1, 0.15) is 9.67 Å². The van der Waals surface area contributed by atoms with Crippen molar-refractivity contribution in [1.29, 1.82) is 0 Å². The van der Waals surface area contributed by atoms with Gasteiger partial charge in [-0.2, -0.15) is 0 Å². The summed E-state index contributed by atoms with van der Waals surface area (Å²) in [5.74, 6) is 0.250. The molecule has 0 radical (unpaired) electrons. The quantitative estimate of drug-likeness (QED) is 0.493. The molecule has 2 nitrogen and oxygen atoms in total. The van der Waals surface area contributed by atoms with E-state index in [1.54, 1.807) is 12.1 Å². The summed E-state index contributed by atoms with van der Waals surface area (Å²) >= 11 is 4.81. The highest BCUT2D eigenvalue weighted by Crippen LogP contribution is 2.25. The first kappa shape index (κ1) is 12.4. The van der Waals surface area contributed by atoms with Crippen LogP contribution in [0.25, 0.3) is 10.8 Å². The fourth-order valence-corrected chi connectivity index (χ4v) is 2.79. The average Bonchev–Trinajstić information content (AvgIpc) is 2.93. The van der Waals surface area contributed by atoms with Gasteiger partial charge in [0, 0.05) is 4.47 Å². The first-order valence-corrected chi connectivity index (χ1v) is 7.35. The molecule has 0 N–H and O–H groups in total. The number of carbonyl (C=O) groups is 1. The fourth-order valence-electron chi connectivity index (χ4n) is 1.81. The lowest BCUT2D eigenvalue weighted by Crippen LogP contribution is -2.06. The van der Waals surface area contributed by atoms with Gasteiger partial charge in [0.1, 0.15) is 10.6 Å². The van der Waals surface area contributed by atoms with Gasteiger partial charge in [-0.05, 0) is 46.5 Å². The van der Waals surface area contributed by atoms with Gasteiger partial charge in [0.25, 0.3) is 0 Å². The van der Waals surface area contributed by atoms with E-state index in [-0.39, 0.29) is 5.97 Å². The van der Waals surface area contributed by atoms with Gasteiger partial charge in [0.05, 0.1) is 0 Å². The summed E-state index contributed by atoms with van der Waals surface area (Å²) in [5, 5.41) is 4.00. The molecule has 4 heteroatoms. The molecule has 2 aromatic carbocycles. The molecule has 1 heterocycles. The number of ether oxygens (including phenoxy) is 1. The van der Waals surface area contributed by atoms with E-state index in [1.165, 1.54) is 11.3 Å². The highest BCUT2D eigenvalue weighted by Gasteiger charge is 2.09. The molecule has 0 aliphatic heterocycles. The second-order valence-corrected chi connectivity index (χ2v) is 5.88. The van der Waals surface area contributed by atoms with E-state index in [9.17, 15) is 4.79 Å². The second kappa shape index (κ2) is 5.15. The molecule has 3 rings (SSSR count). The van der Waals surface area contributed by atoms with E-state index in [0.717, 1.165) is 15.2 Å². The largest absolute Gasteiger partial charge is 0.422 e. The molecule has 0 atom stereocenters. The normalized spacial score (nSPS) is 10.6. The van der Waals surface area contributed by atoms with Crippen molar-refractivity contribution < 1.29 is 9.53 Å². The number of benzene rings is 2. The molecule has 0 spiro atoms. The maximum atomic E-state index is 11.8. The number of hydrogen-bond donors (Lipinski definition) is 0. The highest BCUT2D eigenvalue weighted by atomic mass is 79.9. The molecular weight excluding hydrogens is 324 g/mol. The summed E-state index contributed by atoms with van der Waals surface area (Å²) in [5.41, 5.74) is 0. The monoisotopic (exact) mass is 332 g/mol. The summed E-state index contributed by atoms with van der Waals surface area (Å²) in [6, 6.07) is 15.2. The van der Waals surface area contributed by atoms with Gasteiger partial charge in [-0.15, -0.1) is 11.3 Å². The Hall–Kier alpha value is -1.65. The van der Waals surface area contributed by atoms with Gasteiger partial charge >= 0.3 is 5.97 Å². The van der Waals surface area contributed by atoms with E-state index in [4.69, 9.17) is 4.74 Å². The zero-order valence-electron chi connectivity index (χ0n) is 9.80. The molecular formula is C15H9BrO2S. The summed E-state index contributed by atoms with van der Waals surface area (Å²) in [6.45, 7) is 0. The van der Waals surface area contributed by atoms with E-state index >= 15 is 0 Å². The molecule has 94 valence electrons. The predicted molar refractivity (Wildman–Crippen MR) is 80.9 cm³/mol. The molecule has 0 saturated carbocycles. The van der Waals surface area contributed by atoms with Crippen LogP contribution in [0.3, 0.4) is 0 Å². The lowest BCUT2D eigenvalue weighted by Gasteiger charge is -2.05. The van der Waals surface area contributed by atoms with Gasteiger partial charge in [-0.3, -0.25) is 0 Å². The fraction of sp³-hybridized carbons (Fsp3) is 0. The molecule has 3 aromatic rings. The second-order valence-electron chi connectivity index (χ2n) is 4.02. The SMILES string of the molecule is O=C(Oc1ccc2cc(Br)ccc2c1)c1cccs1. The highest BCUT2D eigenvalue weighted by molar-refractivity contribution is 9.10. The number of thiophene rings is 1. The van der Waals surface area contributed by atoms with Crippen molar-refractivity contribution in [3.05, 3.63) is 63.3 Å². The van der Waals surface area contributed by atoms with Crippen LogP contribution in [0.2, 0.25) is 0 Å². The smallest absolute Gasteiger partial charge is 0.353 e. The Balaban J connectivity index is 1.89. The number of halogens is 1. The minimum Gasteiger partial charge on any atom is -0.422 e. The molecule has 0 bridgehead atoms. The van der Waals surface area contributed by atoms with Crippen LogP contribution in [0.5, 0.6) is 5.75 Å². The van der Waals surface area contributed by atoms with Crippen LogP contribution in [-0.4, -0.2) is 5.97 Å². The van der Waals surface area contributed by atoms with Crippen molar-refractivity contribution in [3.63, 3.8) is 0 Å². The van der Waals surface area contributed by atoms with Crippen LogP contribution >= 0.6 is 27.3 Å². The minimum atomic E-state index is -0.313. The van der Waals surface area contributed by atoms with Gasteiger partial charge in [-0.25, -0.2) is 4.79 Å². The van der Waals surface area contributed by atoms with Crippen molar-refractivity contribution in [2.45, 2.75) is 0 Å². The number of rotatable bonds is 2. The Bertz CT molecular complexity index is 735. The Morgan fingerprint density at radius 1 is 1.05 bits per heavy atom. The zero-order chi connectivity index (χ0) is 13.2. The van der Waals surface area contributed by atoms with E-state index < -0.39 is 0 Å². The van der Waals surface area contributed by atoms with E-state index in [0.29, 0.717) is 10.6 Å². The first-order chi connectivity index (χ1) is 9.22. The minimum absolute atomic E-state index is 0.313. The molecule has 19 heavy (non-hydrogen) atoms. The number of esters is 1. The van der Waals surface area contributed by atoms with Gasteiger partial charge in [-0.1, -0.05) is 34.1 Å². The number of carbonyl (C=O) groups excluding carboxylic acids is 1. The predicted octanol–water partition coefficient (Wildman–Crippen LogP) is 4.88. The summed E-state index contributed by atoms with van der Waals surface area (Å²) in [7, 11) is 0. The van der Waals surface area contributed by atoms with Crippen molar-refractivity contribution in [2.24, 2.45) is 0 Å². The van der Waals surface area contributed by atoms with Crippen LogP contribution in [0, 0.1) is 0 Å². The van der Waals surface area contributed by atoms with Crippen LogP contribution in [0.15, 0.2) is 58.4 Å². The molecule has 0 aliphatic rings. The van der Waals surface area contributed by atoms with Gasteiger partial charge in [0.2, 0.25) is 0 Å². The maximum absolute atomic E-state index is 11.8. The zero-order valence-corrected chi connectivity index (χ0v) is 12.2. The third kappa shape index (κ3) is 2.69. The lowest BCUT2D eigenvalue weighted by molar-refractivity contribution is 0.0740. The molecule has 0 aliphatic carbocycles. The average molecular weight is 333 g/mol. The summed E-state index contributed by atoms with van der Waals surface area (Å²) in [6.07, 6.45) is 0. The van der Waals surface area contributed by atoms with Crippen molar-refractivity contribution in [2.75, 3.05) is 0 Å².